The van der Waals surface area contributed by atoms with Gasteiger partial charge in [0.25, 0.3) is 0 Å². The zero-order valence-electron chi connectivity index (χ0n) is 24.4. The lowest BCUT2D eigenvalue weighted by molar-refractivity contribution is -0.883. The van der Waals surface area contributed by atoms with Gasteiger partial charge in [-0.25, -0.2) is 0 Å². The van der Waals surface area contributed by atoms with Crippen LogP contribution in [0.3, 0.4) is 0 Å². The summed E-state index contributed by atoms with van der Waals surface area (Å²) in [4.78, 5) is 10.3. The van der Waals surface area contributed by atoms with Crippen LogP contribution in [-0.2, 0) is 9.09 Å². The normalized spacial score (nSPS) is 15.0. The molecule has 4 nitrogen and oxygen atoms in total. The molecule has 0 saturated heterocycles. The number of nitrogens with zero attached hydrogens (tertiary/aromatic N) is 1. The van der Waals surface area contributed by atoms with Gasteiger partial charge in [0.1, 0.15) is 0 Å². The van der Waals surface area contributed by atoms with Crippen molar-refractivity contribution in [1.82, 2.24) is 0 Å². The Morgan fingerprint density at radius 2 is 1.03 bits per heavy atom. The summed E-state index contributed by atoms with van der Waals surface area (Å²) in [5.74, 6) is -0.350. The Morgan fingerprint density at radius 3 is 1.40 bits per heavy atom. The van der Waals surface area contributed by atoms with Crippen molar-refractivity contribution < 1.29 is 18.5 Å². The van der Waals surface area contributed by atoms with Gasteiger partial charge in [0.15, 0.2) is 5.78 Å². The molecule has 0 rings (SSSR count). The van der Waals surface area contributed by atoms with Crippen LogP contribution < -0.4 is 0 Å². The summed E-state index contributed by atoms with van der Waals surface area (Å²) in [7, 11) is 2.31. The predicted molar refractivity (Wildman–Crippen MR) is 155 cm³/mol. The van der Waals surface area contributed by atoms with Gasteiger partial charge in [-0.3, -0.25) is 4.57 Å². The van der Waals surface area contributed by atoms with E-state index in [1.54, 1.807) is 0 Å². The maximum Gasteiger partial charge on any atom is 0.385 e. The Morgan fingerprint density at radius 1 is 0.657 bits per heavy atom. The van der Waals surface area contributed by atoms with E-state index in [4.69, 9.17) is 4.52 Å². The van der Waals surface area contributed by atoms with Crippen molar-refractivity contribution in [3.05, 3.63) is 12.2 Å². The first-order chi connectivity index (χ1) is 16.8. The van der Waals surface area contributed by atoms with E-state index in [1.807, 2.05) is 28.1 Å². The van der Waals surface area contributed by atoms with Crippen molar-refractivity contribution in [2.45, 2.75) is 154 Å². The van der Waals surface area contributed by atoms with Gasteiger partial charge in [-0.15, -0.1) is 0 Å². The second-order valence-corrected chi connectivity index (χ2v) is 13.4. The van der Waals surface area contributed by atoms with Gasteiger partial charge >= 0.3 is 7.60 Å². The fourth-order valence-electron chi connectivity index (χ4n) is 4.91. The van der Waals surface area contributed by atoms with Crippen molar-refractivity contribution in [1.29, 1.82) is 0 Å². The number of allylic oxidation sites excluding steroid dienone is 2. The van der Waals surface area contributed by atoms with E-state index in [-0.39, 0.29) is 5.78 Å². The van der Waals surface area contributed by atoms with Crippen LogP contribution in [-0.4, -0.2) is 42.9 Å². The maximum absolute atomic E-state index is 12.5. The molecular weight excluding hydrogens is 453 g/mol. The fraction of sp³-hybridized carbons (Fsp3) is 0.933. The minimum absolute atomic E-state index is 0.350. The van der Waals surface area contributed by atoms with Gasteiger partial charge in [0.05, 0.1) is 27.7 Å². The van der Waals surface area contributed by atoms with Crippen LogP contribution in [0.1, 0.15) is 149 Å². The third kappa shape index (κ3) is 21.6. The van der Waals surface area contributed by atoms with Crippen LogP contribution in [0.4, 0.5) is 0 Å². The molecule has 0 fully saturated rings. The first kappa shape index (κ1) is 34.9. The Balaban J connectivity index is 3.40. The maximum atomic E-state index is 12.5. The molecule has 210 valence electrons. The second-order valence-electron chi connectivity index (χ2n) is 11.5. The van der Waals surface area contributed by atoms with E-state index >= 15 is 0 Å². The lowest BCUT2D eigenvalue weighted by Crippen LogP contribution is -2.44. The smallest absolute Gasteiger partial charge is 0.320 e. The molecular formula is C30H63NO3P+. The van der Waals surface area contributed by atoms with E-state index < -0.39 is 7.60 Å². The van der Waals surface area contributed by atoms with Gasteiger partial charge in [-0.05, 0) is 32.1 Å². The molecule has 0 aromatic rings. The summed E-state index contributed by atoms with van der Waals surface area (Å²) < 4.78 is 18.4. The summed E-state index contributed by atoms with van der Waals surface area (Å²) in [5, 5.41) is 0. The van der Waals surface area contributed by atoms with E-state index in [0.717, 1.165) is 12.8 Å². The molecule has 2 atom stereocenters. The molecule has 1 N–H and O–H groups in total. The zero-order chi connectivity index (χ0) is 26.3. The zero-order valence-corrected chi connectivity index (χ0v) is 25.3. The molecule has 0 saturated carbocycles. The monoisotopic (exact) mass is 516 g/mol. The van der Waals surface area contributed by atoms with Gasteiger partial charge in [-0.1, -0.05) is 122 Å². The number of unbranched alkanes of at least 4 members (excludes halogenated alkanes) is 18. The molecule has 0 amide bonds. The Labute approximate surface area is 220 Å². The molecule has 0 aliphatic carbocycles. The average molecular weight is 517 g/mol. The highest BCUT2D eigenvalue weighted by molar-refractivity contribution is 7.53. The van der Waals surface area contributed by atoms with Gasteiger partial charge in [0, 0.05) is 6.42 Å². The lowest BCUT2D eigenvalue weighted by atomic mass is 10.1. The predicted octanol–water partition coefficient (Wildman–Crippen LogP) is 10.0. The van der Waals surface area contributed by atoms with Crippen molar-refractivity contribution in [2.24, 2.45) is 0 Å². The molecule has 0 aliphatic heterocycles. The molecule has 0 heterocycles. The summed E-state index contributed by atoms with van der Waals surface area (Å²) in [6.07, 6.45) is 31.8. The Bertz CT molecular complexity index is 530. The summed E-state index contributed by atoms with van der Waals surface area (Å²) in [6, 6.07) is 0. The third-order valence-corrected chi connectivity index (χ3v) is 9.43. The molecule has 2 unspecified atom stereocenters. The van der Waals surface area contributed by atoms with Crippen molar-refractivity contribution in [2.75, 3.05) is 27.7 Å². The van der Waals surface area contributed by atoms with Crippen molar-refractivity contribution in [3.63, 3.8) is 0 Å². The quantitative estimate of drug-likeness (QED) is 0.0538. The van der Waals surface area contributed by atoms with Crippen LogP contribution in [0.25, 0.3) is 0 Å². The lowest BCUT2D eigenvalue weighted by Gasteiger charge is -2.35. The first-order valence-corrected chi connectivity index (χ1v) is 16.8. The first-order valence-electron chi connectivity index (χ1n) is 15.2. The largest absolute Gasteiger partial charge is 0.385 e. The highest BCUT2D eigenvalue weighted by atomic mass is 31.2. The SMILES string of the molecule is CCCCCCCCCCCC/C=C\CCCCCCCCCCOP(=O)(O)C(CC)[N+](C)(C)C. The van der Waals surface area contributed by atoms with E-state index in [1.165, 1.54) is 116 Å². The standard InChI is InChI=1S/C30H62NO3P/c1-6-8-9-10-11-12-13-14-15-16-17-18-19-20-21-22-23-24-25-26-27-28-29-34-35(32,33)30(7-2)31(3,4)5/h18-19,30H,6-17,20-29H2,1-5H3/p+1/b19-18-. The molecule has 0 radical (unpaired) electrons. The molecule has 0 aromatic heterocycles. The van der Waals surface area contributed by atoms with Crippen LogP contribution in [0.15, 0.2) is 12.2 Å². The molecule has 0 aliphatic rings. The summed E-state index contributed by atoms with van der Waals surface area (Å²) in [5.41, 5.74) is 0. The molecule has 0 aromatic carbocycles. The fourth-order valence-corrected chi connectivity index (χ4v) is 6.81. The Hall–Kier alpha value is -0.150. The molecule has 5 heteroatoms. The highest BCUT2D eigenvalue weighted by Crippen LogP contribution is 2.51. The van der Waals surface area contributed by atoms with Crippen molar-refractivity contribution in [3.8, 4) is 0 Å². The van der Waals surface area contributed by atoms with E-state index in [2.05, 4.69) is 19.1 Å². The van der Waals surface area contributed by atoms with E-state index in [0.29, 0.717) is 17.5 Å². The van der Waals surface area contributed by atoms with Gasteiger partial charge in [-0.2, -0.15) is 0 Å². The van der Waals surface area contributed by atoms with Crippen LogP contribution in [0.5, 0.6) is 0 Å². The van der Waals surface area contributed by atoms with Crippen LogP contribution >= 0.6 is 7.60 Å². The molecule has 0 spiro atoms. The minimum Gasteiger partial charge on any atom is -0.320 e. The number of rotatable bonds is 26. The van der Waals surface area contributed by atoms with Gasteiger partial charge in [0.2, 0.25) is 0 Å². The Kier molecular flexibility index (Phi) is 22.9. The third-order valence-electron chi connectivity index (χ3n) is 7.07. The second kappa shape index (κ2) is 23.0. The topological polar surface area (TPSA) is 46.5 Å². The van der Waals surface area contributed by atoms with Crippen molar-refractivity contribution >= 4 is 7.60 Å². The highest BCUT2D eigenvalue weighted by Gasteiger charge is 2.41. The van der Waals surface area contributed by atoms with Gasteiger partial charge < -0.3 is 13.9 Å². The number of hydrogen-bond acceptors (Lipinski definition) is 2. The van der Waals surface area contributed by atoms with Crippen LogP contribution in [0.2, 0.25) is 0 Å². The van der Waals surface area contributed by atoms with Crippen LogP contribution in [0, 0.1) is 0 Å². The summed E-state index contributed by atoms with van der Waals surface area (Å²) in [6.45, 7) is 4.64. The van der Waals surface area contributed by atoms with E-state index in [9.17, 15) is 9.46 Å². The average Bonchev–Trinajstić information content (AvgIpc) is 2.78. The molecule has 35 heavy (non-hydrogen) atoms. The summed E-state index contributed by atoms with van der Waals surface area (Å²) >= 11 is 0. The number of quaternary nitrogens is 1. The minimum atomic E-state index is -3.55. The number of hydrogen-bond donors (Lipinski definition) is 1. The molecule has 0 bridgehead atoms.